The lowest BCUT2D eigenvalue weighted by atomic mass is 10.0. The molecule has 19 heavy (non-hydrogen) atoms. The predicted octanol–water partition coefficient (Wildman–Crippen LogP) is 4.68. The van der Waals surface area contributed by atoms with E-state index in [1.165, 1.54) is 19.3 Å². The Labute approximate surface area is 129 Å². The summed E-state index contributed by atoms with van der Waals surface area (Å²) in [4.78, 5) is 0.365. The van der Waals surface area contributed by atoms with E-state index >= 15 is 0 Å². The predicted molar refractivity (Wildman–Crippen MR) is 88.8 cm³/mol. The SMILES string of the molecule is CCCCC(CC)COc1cccc(Br)c1C(N)=S. The van der Waals surface area contributed by atoms with E-state index in [1.807, 2.05) is 18.2 Å². The molecule has 0 spiro atoms. The van der Waals surface area contributed by atoms with Gasteiger partial charge in [-0.05, 0) is 40.4 Å². The third kappa shape index (κ3) is 5.11. The van der Waals surface area contributed by atoms with E-state index in [2.05, 4.69) is 29.8 Å². The fourth-order valence-electron chi connectivity index (χ4n) is 1.97. The molecule has 0 aliphatic rings. The Morgan fingerprint density at radius 1 is 1.42 bits per heavy atom. The van der Waals surface area contributed by atoms with Crippen LogP contribution in [0.2, 0.25) is 0 Å². The van der Waals surface area contributed by atoms with E-state index in [1.54, 1.807) is 0 Å². The van der Waals surface area contributed by atoms with Gasteiger partial charge in [-0.15, -0.1) is 0 Å². The number of unbranched alkanes of at least 4 members (excludes halogenated alkanes) is 1. The van der Waals surface area contributed by atoms with Crippen LogP contribution >= 0.6 is 28.1 Å². The van der Waals surface area contributed by atoms with Crippen molar-refractivity contribution in [2.75, 3.05) is 6.61 Å². The number of hydrogen-bond acceptors (Lipinski definition) is 2. The van der Waals surface area contributed by atoms with Crippen molar-refractivity contribution in [1.82, 2.24) is 0 Å². The summed E-state index contributed by atoms with van der Waals surface area (Å²) in [6, 6.07) is 5.79. The third-order valence-electron chi connectivity index (χ3n) is 3.24. The van der Waals surface area contributed by atoms with Crippen LogP contribution in [0.4, 0.5) is 0 Å². The fourth-order valence-corrected chi connectivity index (χ4v) is 2.87. The van der Waals surface area contributed by atoms with Crippen LogP contribution in [0, 0.1) is 5.92 Å². The Balaban J connectivity index is 2.71. The Kier molecular flexibility index (Phi) is 7.39. The number of ether oxygens (including phenoxy) is 1. The Hall–Kier alpha value is -0.610. The minimum atomic E-state index is 0.365. The van der Waals surface area contributed by atoms with Gasteiger partial charge in [0.15, 0.2) is 0 Å². The highest BCUT2D eigenvalue weighted by molar-refractivity contribution is 9.10. The minimum Gasteiger partial charge on any atom is -0.493 e. The smallest absolute Gasteiger partial charge is 0.130 e. The largest absolute Gasteiger partial charge is 0.493 e. The van der Waals surface area contributed by atoms with Gasteiger partial charge in [-0.1, -0.05) is 51.4 Å². The number of thiocarbonyl (C=S) groups is 1. The second-order valence-electron chi connectivity index (χ2n) is 4.70. The van der Waals surface area contributed by atoms with Crippen LogP contribution in [0.3, 0.4) is 0 Å². The molecule has 0 saturated carbocycles. The zero-order chi connectivity index (χ0) is 14.3. The summed E-state index contributed by atoms with van der Waals surface area (Å²) in [5.74, 6) is 1.37. The lowest BCUT2D eigenvalue weighted by Gasteiger charge is -2.17. The third-order valence-corrected chi connectivity index (χ3v) is 4.10. The lowest BCUT2D eigenvalue weighted by Crippen LogP contribution is -2.16. The molecule has 1 aromatic rings. The molecule has 0 aromatic heterocycles. The molecule has 0 aliphatic carbocycles. The molecule has 0 amide bonds. The van der Waals surface area contributed by atoms with Gasteiger partial charge in [-0.25, -0.2) is 0 Å². The average molecular weight is 344 g/mol. The van der Waals surface area contributed by atoms with E-state index in [4.69, 9.17) is 22.7 Å². The molecule has 4 heteroatoms. The van der Waals surface area contributed by atoms with Crippen LogP contribution in [-0.4, -0.2) is 11.6 Å². The molecule has 0 radical (unpaired) electrons. The maximum Gasteiger partial charge on any atom is 0.130 e. The molecule has 0 aliphatic heterocycles. The van der Waals surface area contributed by atoms with Crippen LogP contribution in [0.15, 0.2) is 22.7 Å². The van der Waals surface area contributed by atoms with Crippen molar-refractivity contribution in [1.29, 1.82) is 0 Å². The first-order valence-corrected chi connectivity index (χ1v) is 8.01. The maximum absolute atomic E-state index is 5.93. The number of rotatable bonds is 8. The van der Waals surface area contributed by atoms with E-state index in [0.717, 1.165) is 28.8 Å². The molecule has 1 aromatic carbocycles. The van der Waals surface area contributed by atoms with Crippen molar-refractivity contribution < 1.29 is 4.74 Å². The molecule has 1 unspecified atom stereocenters. The standard InChI is InChI=1S/C15H22BrNOS/c1-3-5-7-11(4-2)10-18-13-9-6-8-12(16)14(13)15(17)19/h6,8-9,11H,3-5,7,10H2,1-2H3,(H2,17,19). The second kappa shape index (κ2) is 8.54. The molecular formula is C15H22BrNOS. The number of nitrogens with two attached hydrogens (primary N) is 1. The Morgan fingerprint density at radius 2 is 2.16 bits per heavy atom. The molecule has 1 rings (SSSR count). The van der Waals surface area contributed by atoms with Gasteiger partial charge in [0.1, 0.15) is 10.7 Å². The highest BCUT2D eigenvalue weighted by atomic mass is 79.9. The second-order valence-corrected chi connectivity index (χ2v) is 6.00. The van der Waals surface area contributed by atoms with Gasteiger partial charge in [0, 0.05) is 4.47 Å². The van der Waals surface area contributed by atoms with Crippen LogP contribution < -0.4 is 10.5 Å². The van der Waals surface area contributed by atoms with Gasteiger partial charge in [-0.2, -0.15) is 0 Å². The van der Waals surface area contributed by atoms with Gasteiger partial charge in [0.2, 0.25) is 0 Å². The maximum atomic E-state index is 5.93. The zero-order valence-electron chi connectivity index (χ0n) is 11.6. The molecule has 0 saturated heterocycles. The summed E-state index contributed by atoms with van der Waals surface area (Å²) < 4.78 is 6.82. The molecule has 2 N–H and O–H groups in total. The molecule has 0 heterocycles. The van der Waals surface area contributed by atoms with Gasteiger partial charge in [0.25, 0.3) is 0 Å². The van der Waals surface area contributed by atoms with Gasteiger partial charge < -0.3 is 10.5 Å². The first kappa shape index (κ1) is 16.4. The van der Waals surface area contributed by atoms with Gasteiger partial charge in [-0.3, -0.25) is 0 Å². The van der Waals surface area contributed by atoms with E-state index in [0.29, 0.717) is 10.9 Å². The topological polar surface area (TPSA) is 35.2 Å². The molecular weight excluding hydrogens is 322 g/mol. The van der Waals surface area contributed by atoms with Crippen LogP contribution in [0.1, 0.15) is 45.1 Å². The van der Waals surface area contributed by atoms with Crippen LogP contribution in [0.25, 0.3) is 0 Å². The normalized spacial score (nSPS) is 12.2. The molecule has 1 atom stereocenters. The monoisotopic (exact) mass is 343 g/mol. The minimum absolute atomic E-state index is 0.365. The lowest BCUT2D eigenvalue weighted by molar-refractivity contribution is 0.233. The van der Waals surface area contributed by atoms with Gasteiger partial charge in [0.05, 0.1) is 12.2 Å². The zero-order valence-corrected chi connectivity index (χ0v) is 14.0. The summed E-state index contributed by atoms with van der Waals surface area (Å²) in [7, 11) is 0. The number of hydrogen-bond donors (Lipinski definition) is 1. The van der Waals surface area contributed by atoms with E-state index < -0.39 is 0 Å². The molecule has 0 bridgehead atoms. The Bertz CT molecular complexity index is 423. The van der Waals surface area contributed by atoms with E-state index in [-0.39, 0.29) is 0 Å². The summed E-state index contributed by atoms with van der Waals surface area (Å²) >= 11 is 8.55. The summed E-state index contributed by atoms with van der Waals surface area (Å²) in [6.07, 6.45) is 4.83. The molecule has 106 valence electrons. The van der Waals surface area contributed by atoms with Crippen molar-refractivity contribution in [3.63, 3.8) is 0 Å². The van der Waals surface area contributed by atoms with Crippen molar-refractivity contribution in [3.05, 3.63) is 28.2 Å². The van der Waals surface area contributed by atoms with Crippen molar-refractivity contribution in [2.24, 2.45) is 11.7 Å². The highest BCUT2D eigenvalue weighted by Crippen LogP contribution is 2.27. The first-order valence-electron chi connectivity index (χ1n) is 6.81. The van der Waals surface area contributed by atoms with Crippen molar-refractivity contribution >= 4 is 33.1 Å². The number of benzene rings is 1. The summed E-state index contributed by atoms with van der Waals surface area (Å²) in [5, 5.41) is 0. The van der Waals surface area contributed by atoms with E-state index in [9.17, 15) is 0 Å². The summed E-state index contributed by atoms with van der Waals surface area (Å²) in [5.41, 5.74) is 6.55. The fraction of sp³-hybridized carbons (Fsp3) is 0.533. The van der Waals surface area contributed by atoms with Crippen LogP contribution in [-0.2, 0) is 0 Å². The van der Waals surface area contributed by atoms with Crippen LogP contribution in [0.5, 0.6) is 5.75 Å². The van der Waals surface area contributed by atoms with Gasteiger partial charge >= 0.3 is 0 Å². The summed E-state index contributed by atoms with van der Waals surface area (Å²) in [6.45, 7) is 5.15. The van der Waals surface area contributed by atoms with Crippen molar-refractivity contribution in [3.8, 4) is 5.75 Å². The molecule has 0 fully saturated rings. The first-order chi connectivity index (χ1) is 9.10. The Morgan fingerprint density at radius 3 is 2.74 bits per heavy atom. The molecule has 2 nitrogen and oxygen atoms in total. The quantitative estimate of drug-likeness (QED) is 0.696. The number of halogens is 1. The average Bonchev–Trinajstić information content (AvgIpc) is 2.38. The highest BCUT2D eigenvalue weighted by Gasteiger charge is 2.13. The van der Waals surface area contributed by atoms with Crippen molar-refractivity contribution in [2.45, 2.75) is 39.5 Å².